The standard InChI is InChI=1S/C73H128O6/c1-4-7-10-13-16-19-22-25-27-29-31-32-33-34-35-36-37-38-39-40-41-43-44-46-48-51-54-57-60-63-66-72(75)78-69-70(68-77-71(74)65-62-59-56-53-50-24-21-18-15-12-9-6-3)79-73(76)67-64-61-58-55-52-49-47-45-42-30-28-26-23-20-17-14-11-8-5-2/h8,11,17-18,20-21,26,28,42,45,49,52,58,61,70H,4-7,9-10,12-16,19,22-25,27,29-41,43-44,46-48,50-51,53-57,59-60,62-69H2,1-3H3/b11-8-,20-17-,21-18-,28-26-,45-42-,52-49-,61-58-. The summed E-state index contributed by atoms with van der Waals surface area (Å²) in [5.41, 5.74) is 0. The van der Waals surface area contributed by atoms with Gasteiger partial charge in [0.25, 0.3) is 0 Å². The number of ether oxygens (including phenoxy) is 3. The summed E-state index contributed by atoms with van der Waals surface area (Å²) in [6, 6.07) is 0. The van der Waals surface area contributed by atoms with Gasteiger partial charge in [0.05, 0.1) is 0 Å². The Bertz CT molecular complexity index is 1500. The second kappa shape index (κ2) is 67.1. The molecule has 0 aliphatic carbocycles. The van der Waals surface area contributed by atoms with Crippen LogP contribution in [0.2, 0.25) is 0 Å². The Morgan fingerprint density at radius 1 is 0.266 bits per heavy atom. The summed E-state index contributed by atoms with van der Waals surface area (Å²) in [6.07, 6.45) is 89.3. The zero-order valence-corrected chi connectivity index (χ0v) is 52.4. The first-order valence-electron chi connectivity index (χ1n) is 34.1. The molecule has 0 spiro atoms. The summed E-state index contributed by atoms with van der Waals surface area (Å²) >= 11 is 0. The second-order valence-corrected chi connectivity index (χ2v) is 22.7. The first-order chi connectivity index (χ1) is 39.0. The van der Waals surface area contributed by atoms with Crippen LogP contribution < -0.4 is 0 Å². The average molecular weight is 1100 g/mol. The summed E-state index contributed by atoms with van der Waals surface area (Å²) in [5.74, 6) is -0.988. The minimum atomic E-state index is -0.820. The summed E-state index contributed by atoms with van der Waals surface area (Å²) in [6.45, 7) is 6.47. The molecule has 0 N–H and O–H groups in total. The van der Waals surface area contributed by atoms with E-state index in [0.717, 1.165) is 89.9 Å². The van der Waals surface area contributed by atoms with Gasteiger partial charge in [0.2, 0.25) is 0 Å². The maximum atomic E-state index is 12.9. The summed E-state index contributed by atoms with van der Waals surface area (Å²) in [5, 5.41) is 0. The van der Waals surface area contributed by atoms with Crippen molar-refractivity contribution in [2.45, 2.75) is 348 Å². The predicted octanol–water partition coefficient (Wildman–Crippen LogP) is 23.4. The first kappa shape index (κ1) is 75.6. The van der Waals surface area contributed by atoms with Crippen LogP contribution in [-0.4, -0.2) is 37.2 Å². The SMILES string of the molecule is CC/C=C\C/C=C\C/C=C\C/C=C\C/C=C\C/C=C\CCC(=O)OC(COC(=O)CCCCCCC/C=C\CCCCC)COC(=O)CCCCCCCCCCCCCCCCCCCCCCCCCCCCCCCC. The van der Waals surface area contributed by atoms with E-state index in [2.05, 4.69) is 99.8 Å². The Morgan fingerprint density at radius 3 is 0.848 bits per heavy atom. The average Bonchev–Trinajstić information content (AvgIpc) is 3.45. The van der Waals surface area contributed by atoms with Gasteiger partial charge in [-0.3, -0.25) is 14.4 Å². The van der Waals surface area contributed by atoms with Crippen molar-refractivity contribution in [1.29, 1.82) is 0 Å². The summed E-state index contributed by atoms with van der Waals surface area (Å²) < 4.78 is 16.8. The number of unbranched alkanes of at least 4 members (excludes halogenated alkanes) is 37. The predicted molar refractivity (Wildman–Crippen MR) is 344 cm³/mol. The van der Waals surface area contributed by atoms with Gasteiger partial charge >= 0.3 is 17.9 Å². The smallest absolute Gasteiger partial charge is 0.306 e. The van der Waals surface area contributed by atoms with Gasteiger partial charge in [0.1, 0.15) is 13.2 Å². The highest BCUT2D eigenvalue weighted by molar-refractivity contribution is 5.71. The summed E-state index contributed by atoms with van der Waals surface area (Å²) in [7, 11) is 0. The zero-order valence-electron chi connectivity index (χ0n) is 52.4. The van der Waals surface area contributed by atoms with Crippen molar-refractivity contribution in [3.8, 4) is 0 Å². The van der Waals surface area contributed by atoms with Crippen molar-refractivity contribution in [2.75, 3.05) is 13.2 Å². The lowest BCUT2D eigenvalue weighted by atomic mass is 10.0. The molecular formula is C73H128O6. The van der Waals surface area contributed by atoms with Gasteiger partial charge in [-0.05, 0) is 83.5 Å². The molecule has 0 radical (unpaired) electrons. The van der Waals surface area contributed by atoms with E-state index in [-0.39, 0.29) is 31.6 Å². The lowest BCUT2D eigenvalue weighted by Gasteiger charge is -2.18. The molecule has 0 saturated heterocycles. The van der Waals surface area contributed by atoms with Crippen molar-refractivity contribution < 1.29 is 28.6 Å². The second-order valence-electron chi connectivity index (χ2n) is 22.7. The number of carbonyl (C=O) groups excluding carboxylic acids is 3. The largest absolute Gasteiger partial charge is 0.462 e. The van der Waals surface area contributed by atoms with Crippen LogP contribution in [0.3, 0.4) is 0 Å². The molecule has 0 amide bonds. The van der Waals surface area contributed by atoms with Gasteiger partial charge in [0.15, 0.2) is 6.10 Å². The van der Waals surface area contributed by atoms with Crippen LogP contribution in [0.1, 0.15) is 342 Å². The van der Waals surface area contributed by atoms with Crippen LogP contribution in [0.4, 0.5) is 0 Å². The molecule has 0 saturated carbocycles. The number of rotatable bonds is 62. The maximum Gasteiger partial charge on any atom is 0.306 e. The number of hydrogen-bond donors (Lipinski definition) is 0. The van der Waals surface area contributed by atoms with Crippen molar-refractivity contribution in [2.24, 2.45) is 0 Å². The highest BCUT2D eigenvalue weighted by Crippen LogP contribution is 2.18. The van der Waals surface area contributed by atoms with Gasteiger partial charge < -0.3 is 14.2 Å². The van der Waals surface area contributed by atoms with Crippen molar-refractivity contribution >= 4 is 17.9 Å². The molecule has 6 heteroatoms. The Labute approximate surface area is 490 Å². The molecule has 0 rings (SSSR count). The molecule has 6 nitrogen and oxygen atoms in total. The number of hydrogen-bond acceptors (Lipinski definition) is 6. The van der Waals surface area contributed by atoms with E-state index in [1.54, 1.807) is 0 Å². The van der Waals surface area contributed by atoms with Crippen LogP contribution in [0, 0.1) is 0 Å². The van der Waals surface area contributed by atoms with E-state index in [4.69, 9.17) is 14.2 Å². The number of carbonyl (C=O) groups is 3. The third-order valence-corrected chi connectivity index (χ3v) is 14.9. The van der Waals surface area contributed by atoms with E-state index in [1.165, 1.54) is 205 Å². The van der Waals surface area contributed by atoms with Crippen molar-refractivity contribution in [1.82, 2.24) is 0 Å². The lowest BCUT2D eigenvalue weighted by molar-refractivity contribution is -0.166. The number of allylic oxidation sites excluding steroid dienone is 14. The monoisotopic (exact) mass is 1100 g/mol. The fraction of sp³-hybridized carbons (Fsp3) is 0.767. The third kappa shape index (κ3) is 65.3. The van der Waals surface area contributed by atoms with Gasteiger partial charge in [-0.25, -0.2) is 0 Å². The fourth-order valence-corrected chi connectivity index (χ4v) is 9.82. The van der Waals surface area contributed by atoms with E-state index in [9.17, 15) is 14.4 Å². The minimum Gasteiger partial charge on any atom is -0.462 e. The lowest BCUT2D eigenvalue weighted by Crippen LogP contribution is -2.30. The molecule has 0 aliphatic heterocycles. The number of esters is 3. The molecule has 0 aromatic heterocycles. The Hall–Kier alpha value is -3.41. The molecule has 456 valence electrons. The quantitative estimate of drug-likeness (QED) is 0.0261. The van der Waals surface area contributed by atoms with Crippen molar-refractivity contribution in [3.63, 3.8) is 0 Å². The Balaban J connectivity index is 4.24. The van der Waals surface area contributed by atoms with Crippen LogP contribution in [0.5, 0.6) is 0 Å². The van der Waals surface area contributed by atoms with Gasteiger partial charge in [-0.1, -0.05) is 324 Å². The molecule has 0 heterocycles. The fourth-order valence-electron chi connectivity index (χ4n) is 9.82. The topological polar surface area (TPSA) is 78.9 Å². The van der Waals surface area contributed by atoms with Crippen LogP contribution in [-0.2, 0) is 28.6 Å². The van der Waals surface area contributed by atoms with Crippen LogP contribution >= 0.6 is 0 Å². The molecule has 1 atom stereocenters. The first-order valence-corrected chi connectivity index (χ1v) is 34.1. The van der Waals surface area contributed by atoms with E-state index < -0.39 is 12.1 Å². The van der Waals surface area contributed by atoms with Gasteiger partial charge in [0, 0.05) is 19.3 Å². The Kier molecular flexibility index (Phi) is 64.2. The molecule has 1 unspecified atom stereocenters. The van der Waals surface area contributed by atoms with Crippen LogP contribution in [0.15, 0.2) is 85.1 Å². The normalized spacial score (nSPS) is 12.6. The highest BCUT2D eigenvalue weighted by atomic mass is 16.6. The molecule has 0 aromatic rings. The van der Waals surface area contributed by atoms with Gasteiger partial charge in [-0.2, -0.15) is 0 Å². The van der Waals surface area contributed by atoms with E-state index in [1.807, 2.05) is 6.08 Å². The van der Waals surface area contributed by atoms with Crippen molar-refractivity contribution in [3.05, 3.63) is 85.1 Å². The van der Waals surface area contributed by atoms with Crippen LogP contribution in [0.25, 0.3) is 0 Å². The molecule has 0 aromatic carbocycles. The third-order valence-electron chi connectivity index (χ3n) is 14.9. The van der Waals surface area contributed by atoms with E-state index in [0.29, 0.717) is 19.3 Å². The zero-order chi connectivity index (χ0) is 57.1. The molecule has 0 bridgehead atoms. The maximum absolute atomic E-state index is 12.9. The minimum absolute atomic E-state index is 0.107. The highest BCUT2D eigenvalue weighted by Gasteiger charge is 2.19. The van der Waals surface area contributed by atoms with Gasteiger partial charge in [-0.15, -0.1) is 0 Å². The van der Waals surface area contributed by atoms with E-state index >= 15 is 0 Å². The molecular weight excluding hydrogens is 973 g/mol. The molecule has 0 aliphatic rings. The molecule has 0 fully saturated rings. The molecule has 79 heavy (non-hydrogen) atoms. The Morgan fingerprint density at radius 2 is 0.519 bits per heavy atom. The summed E-state index contributed by atoms with van der Waals surface area (Å²) in [4.78, 5) is 38.3.